The minimum absolute atomic E-state index is 0. The molecule has 0 fully saturated rings. The van der Waals surface area contributed by atoms with Gasteiger partial charge in [0.15, 0.2) is 0 Å². The Balaban J connectivity index is 0.000001000. The van der Waals surface area contributed by atoms with E-state index in [0.29, 0.717) is 5.69 Å². The molecule has 0 aliphatic rings. The van der Waals surface area contributed by atoms with Crippen molar-refractivity contribution in [2.75, 3.05) is 0 Å². The standard InChI is InChI=1S/C8H10NO.K/c1-8(2,10)7-5-3-4-6-9-7;/h3-6H,1-2H3;/q-1;+1. The van der Waals surface area contributed by atoms with Gasteiger partial charge in [-0.2, -0.15) is 0 Å². The van der Waals surface area contributed by atoms with Gasteiger partial charge in [0.1, 0.15) is 0 Å². The van der Waals surface area contributed by atoms with Crippen LogP contribution in [0.3, 0.4) is 0 Å². The van der Waals surface area contributed by atoms with Gasteiger partial charge in [0, 0.05) is 11.9 Å². The second-order valence-corrected chi connectivity index (χ2v) is 2.73. The van der Waals surface area contributed by atoms with E-state index in [1.54, 1.807) is 32.2 Å². The van der Waals surface area contributed by atoms with Crippen LogP contribution in [0.15, 0.2) is 24.4 Å². The Morgan fingerprint density at radius 3 is 2.27 bits per heavy atom. The monoisotopic (exact) mass is 175 g/mol. The fraction of sp³-hybridized carbons (Fsp3) is 0.375. The van der Waals surface area contributed by atoms with Gasteiger partial charge in [-0.25, -0.2) is 0 Å². The number of rotatable bonds is 1. The molecular formula is C8H10KNO. The molecule has 0 saturated heterocycles. The summed E-state index contributed by atoms with van der Waals surface area (Å²) in [6.07, 6.45) is 1.63. The van der Waals surface area contributed by atoms with E-state index >= 15 is 0 Å². The molecule has 1 aromatic rings. The molecule has 54 valence electrons. The summed E-state index contributed by atoms with van der Waals surface area (Å²) in [5.41, 5.74) is -0.476. The molecule has 11 heavy (non-hydrogen) atoms. The Kier molecular flexibility index (Phi) is 5.01. The molecule has 0 radical (unpaired) electrons. The number of aromatic nitrogens is 1. The van der Waals surface area contributed by atoms with E-state index in [1.807, 2.05) is 6.07 Å². The number of pyridine rings is 1. The number of hydrogen-bond donors (Lipinski definition) is 0. The summed E-state index contributed by atoms with van der Waals surface area (Å²) in [5, 5.41) is 11.2. The van der Waals surface area contributed by atoms with Crippen LogP contribution in [0, 0.1) is 0 Å². The normalized spacial score (nSPS) is 10.5. The van der Waals surface area contributed by atoms with E-state index < -0.39 is 5.60 Å². The van der Waals surface area contributed by atoms with E-state index in [-0.39, 0.29) is 51.4 Å². The average molecular weight is 175 g/mol. The van der Waals surface area contributed by atoms with Crippen LogP contribution in [-0.4, -0.2) is 4.98 Å². The minimum atomic E-state index is -1.07. The summed E-state index contributed by atoms with van der Waals surface area (Å²) in [6, 6.07) is 5.37. The van der Waals surface area contributed by atoms with Crippen LogP contribution in [-0.2, 0) is 5.60 Å². The van der Waals surface area contributed by atoms with Gasteiger partial charge in [0.05, 0.1) is 0 Å². The molecule has 0 atom stereocenters. The molecule has 1 aromatic heterocycles. The number of nitrogens with zero attached hydrogens (tertiary/aromatic N) is 1. The predicted octanol–water partition coefficient (Wildman–Crippen LogP) is -2.32. The zero-order valence-corrected chi connectivity index (χ0v) is 10.3. The predicted molar refractivity (Wildman–Crippen MR) is 37.3 cm³/mol. The van der Waals surface area contributed by atoms with Crippen molar-refractivity contribution in [1.82, 2.24) is 4.98 Å². The van der Waals surface area contributed by atoms with Gasteiger partial charge < -0.3 is 5.11 Å². The van der Waals surface area contributed by atoms with Crippen molar-refractivity contribution < 1.29 is 56.5 Å². The van der Waals surface area contributed by atoms with Crippen LogP contribution < -0.4 is 56.5 Å². The van der Waals surface area contributed by atoms with E-state index in [1.165, 1.54) is 0 Å². The van der Waals surface area contributed by atoms with Crippen molar-refractivity contribution >= 4 is 0 Å². The molecule has 1 rings (SSSR count). The first-order chi connectivity index (χ1) is 4.61. The molecule has 0 aromatic carbocycles. The molecule has 0 aliphatic heterocycles. The van der Waals surface area contributed by atoms with E-state index in [2.05, 4.69) is 4.98 Å². The van der Waals surface area contributed by atoms with Gasteiger partial charge in [-0.3, -0.25) is 4.98 Å². The van der Waals surface area contributed by atoms with Gasteiger partial charge in [-0.1, -0.05) is 25.5 Å². The van der Waals surface area contributed by atoms with E-state index in [4.69, 9.17) is 0 Å². The van der Waals surface area contributed by atoms with Crippen molar-refractivity contribution in [2.24, 2.45) is 0 Å². The van der Waals surface area contributed by atoms with Crippen molar-refractivity contribution in [2.45, 2.75) is 19.4 Å². The molecule has 0 aliphatic carbocycles. The van der Waals surface area contributed by atoms with Crippen LogP contribution in [0.25, 0.3) is 0 Å². The van der Waals surface area contributed by atoms with Crippen molar-refractivity contribution in [3.05, 3.63) is 30.1 Å². The topological polar surface area (TPSA) is 36.0 Å². The Labute approximate surface area is 109 Å². The Bertz CT molecular complexity index is 205. The summed E-state index contributed by atoms with van der Waals surface area (Å²) >= 11 is 0. The summed E-state index contributed by atoms with van der Waals surface area (Å²) in [5.74, 6) is 0. The van der Waals surface area contributed by atoms with Crippen LogP contribution in [0.1, 0.15) is 19.5 Å². The first kappa shape index (κ1) is 11.7. The third-order valence-electron chi connectivity index (χ3n) is 1.28. The van der Waals surface area contributed by atoms with Crippen LogP contribution >= 0.6 is 0 Å². The third kappa shape index (κ3) is 3.78. The quantitative estimate of drug-likeness (QED) is 0.449. The third-order valence-corrected chi connectivity index (χ3v) is 1.28. The SMILES string of the molecule is CC(C)([O-])c1ccccn1.[K+]. The second kappa shape index (κ2) is 4.69. The molecule has 0 N–H and O–H groups in total. The Hall–Kier alpha value is 0.746. The smallest absolute Gasteiger partial charge is 0.845 e. The van der Waals surface area contributed by atoms with Crippen LogP contribution in [0.5, 0.6) is 0 Å². The summed E-state index contributed by atoms with van der Waals surface area (Å²) < 4.78 is 0. The molecule has 0 spiro atoms. The van der Waals surface area contributed by atoms with Gasteiger partial charge in [0.2, 0.25) is 0 Å². The maximum Gasteiger partial charge on any atom is 1.00 e. The molecule has 2 nitrogen and oxygen atoms in total. The number of hydrogen-bond acceptors (Lipinski definition) is 2. The first-order valence-electron chi connectivity index (χ1n) is 3.22. The Morgan fingerprint density at radius 2 is 2.00 bits per heavy atom. The average Bonchev–Trinajstić information content (AvgIpc) is 1.88. The zero-order chi connectivity index (χ0) is 7.61. The molecule has 3 heteroatoms. The van der Waals surface area contributed by atoms with E-state index in [0.717, 1.165) is 0 Å². The molecule has 0 saturated carbocycles. The van der Waals surface area contributed by atoms with Gasteiger partial charge in [-0.15, -0.1) is 0 Å². The van der Waals surface area contributed by atoms with Gasteiger partial charge >= 0.3 is 51.4 Å². The van der Waals surface area contributed by atoms with Gasteiger partial charge in [0.25, 0.3) is 0 Å². The van der Waals surface area contributed by atoms with Crippen LogP contribution in [0.2, 0.25) is 0 Å². The van der Waals surface area contributed by atoms with Crippen molar-refractivity contribution in [3.8, 4) is 0 Å². The fourth-order valence-corrected chi connectivity index (χ4v) is 0.719. The minimum Gasteiger partial charge on any atom is -0.845 e. The summed E-state index contributed by atoms with van der Waals surface area (Å²) in [6.45, 7) is 3.21. The molecule has 0 unspecified atom stereocenters. The summed E-state index contributed by atoms with van der Waals surface area (Å²) in [7, 11) is 0. The largest absolute Gasteiger partial charge is 1.00 e. The molecular weight excluding hydrogens is 165 g/mol. The van der Waals surface area contributed by atoms with Crippen LogP contribution in [0.4, 0.5) is 0 Å². The van der Waals surface area contributed by atoms with Crippen molar-refractivity contribution in [1.29, 1.82) is 0 Å². The molecule has 0 bridgehead atoms. The second-order valence-electron chi connectivity index (χ2n) is 2.73. The van der Waals surface area contributed by atoms with E-state index in [9.17, 15) is 5.11 Å². The maximum absolute atomic E-state index is 11.2. The molecule has 0 amide bonds. The Morgan fingerprint density at radius 1 is 1.36 bits per heavy atom. The summed E-state index contributed by atoms with van der Waals surface area (Å²) in [4.78, 5) is 3.94. The van der Waals surface area contributed by atoms with Crippen molar-refractivity contribution in [3.63, 3.8) is 0 Å². The van der Waals surface area contributed by atoms with Gasteiger partial charge in [-0.05, 0) is 12.1 Å². The zero-order valence-electron chi connectivity index (χ0n) is 7.16. The fourth-order valence-electron chi connectivity index (χ4n) is 0.719. The molecule has 1 heterocycles. The maximum atomic E-state index is 11.2. The first-order valence-corrected chi connectivity index (χ1v) is 3.22.